The molecule has 0 aromatic carbocycles. The second-order valence-corrected chi connectivity index (χ2v) is 6.45. The van der Waals surface area contributed by atoms with E-state index in [2.05, 4.69) is 13.8 Å². The molecule has 0 N–H and O–H groups in total. The van der Waals surface area contributed by atoms with E-state index in [0.717, 1.165) is 23.7 Å². The van der Waals surface area contributed by atoms with E-state index in [4.69, 9.17) is 0 Å². The van der Waals surface area contributed by atoms with Gasteiger partial charge in [-0.2, -0.15) is 0 Å². The minimum absolute atomic E-state index is 0.911. The highest BCUT2D eigenvalue weighted by molar-refractivity contribution is 4.83. The zero-order chi connectivity index (χ0) is 10.7. The summed E-state index contributed by atoms with van der Waals surface area (Å²) in [6.07, 6.45) is 13.8. The molecule has 0 heteroatoms. The van der Waals surface area contributed by atoms with Crippen LogP contribution in [0.3, 0.4) is 0 Å². The van der Waals surface area contributed by atoms with Gasteiger partial charge in [0.2, 0.25) is 0 Å². The highest BCUT2D eigenvalue weighted by Gasteiger charge is 2.31. The Balaban J connectivity index is 1.75. The summed E-state index contributed by atoms with van der Waals surface area (Å²) < 4.78 is 0. The van der Waals surface area contributed by atoms with Gasteiger partial charge in [0.1, 0.15) is 0 Å². The number of fused-ring (bicyclic) bond motifs is 1. The molecule has 2 fully saturated rings. The van der Waals surface area contributed by atoms with E-state index >= 15 is 0 Å². The van der Waals surface area contributed by atoms with Gasteiger partial charge in [-0.15, -0.1) is 0 Å². The Morgan fingerprint density at radius 2 is 1.67 bits per heavy atom. The monoisotopic (exact) mass is 208 g/mol. The first kappa shape index (κ1) is 11.5. The average molecular weight is 208 g/mol. The van der Waals surface area contributed by atoms with Crippen LogP contribution in [0.4, 0.5) is 0 Å². The third kappa shape index (κ3) is 3.23. The summed E-state index contributed by atoms with van der Waals surface area (Å²) in [6.45, 7) is 4.73. The predicted molar refractivity (Wildman–Crippen MR) is 66.9 cm³/mol. The highest BCUT2D eigenvalue weighted by Crippen LogP contribution is 2.43. The van der Waals surface area contributed by atoms with Crippen LogP contribution in [0.5, 0.6) is 0 Å². The summed E-state index contributed by atoms with van der Waals surface area (Å²) in [4.78, 5) is 0. The Kier molecular flexibility index (Phi) is 4.11. The molecule has 0 aromatic rings. The van der Waals surface area contributed by atoms with Crippen LogP contribution in [-0.4, -0.2) is 0 Å². The zero-order valence-electron chi connectivity index (χ0n) is 10.7. The average Bonchev–Trinajstić information content (AvgIpc) is 2.26. The summed E-state index contributed by atoms with van der Waals surface area (Å²) in [5.41, 5.74) is 0. The molecular weight excluding hydrogens is 180 g/mol. The van der Waals surface area contributed by atoms with Gasteiger partial charge >= 0.3 is 0 Å². The molecule has 15 heavy (non-hydrogen) atoms. The summed E-state index contributed by atoms with van der Waals surface area (Å²) >= 11 is 0. The molecule has 2 aliphatic carbocycles. The lowest BCUT2D eigenvalue weighted by atomic mass is 9.66. The highest BCUT2D eigenvalue weighted by atomic mass is 14.4. The third-order valence-electron chi connectivity index (χ3n) is 4.80. The molecule has 2 rings (SSSR count). The first-order valence-electron chi connectivity index (χ1n) is 7.25. The number of hydrogen-bond acceptors (Lipinski definition) is 0. The van der Waals surface area contributed by atoms with Gasteiger partial charge in [-0.3, -0.25) is 0 Å². The zero-order valence-corrected chi connectivity index (χ0v) is 10.7. The fraction of sp³-hybridized carbons (Fsp3) is 1.00. The molecule has 0 radical (unpaired) electrons. The van der Waals surface area contributed by atoms with E-state index in [1.807, 2.05) is 0 Å². The Bertz CT molecular complexity index is 182. The summed E-state index contributed by atoms with van der Waals surface area (Å²) in [5, 5.41) is 0. The topological polar surface area (TPSA) is 0 Å². The molecule has 0 aromatic heterocycles. The molecule has 0 bridgehead atoms. The van der Waals surface area contributed by atoms with Crippen molar-refractivity contribution in [3.8, 4) is 0 Å². The van der Waals surface area contributed by atoms with Crippen molar-refractivity contribution < 1.29 is 0 Å². The predicted octanol–water partition coefficient (Wildman–Crippen LogP) is 5.03. The lowest BCUT2D eigenvalue weighted by Crippen LogP contribution is -2.27. The Morgan fingerprint density at radius 1 is 0.933 bits per heavy atom. The van der Waals surface area contributed by atoms with Crippen molar-refractivity contribution in [3.63, 3.8) is 0 Å². The Hall–Kier alpha value is 0. The van der Waals surface area contributed by atoms with Crippen LogP contribution in [0.15, 0.2) is 0 Å². The Morgan fingerprint density at radius 3 is 2.40 bits per heavy atom. The lowest BCUT2D eigenvalue weighted by molar-refractivity contribution is 0.123. The van der Waals surface area contributed by atoms with Gasteiger partial charge < -0.3 is 0 Å². The molecule has 0 saturated heterocycles. The van der Waals surface area contributed by atoms with Crippen LogP contribution in [-0.2, 0) is 0 Å². The molecule has 0 aliphatic heterocycles. The van der Waals surface area contributed by atoms with E-state index in [1.54, 1.807) is 32.1 Å². The molecule has 3 atom stereocenters. The van der Waals surface area contributed by atoms with Crippen LogP contribution in [0.2, 0.25) is 0 Å². The molecule has 0 nitrogen and oxygen atoms in total. The SMILES string of the molecule is CC(C)CCC1CCC2CCCCC2C1. The van der Waals surface area contributed by atoms with Gasteiger partial charge in [-0.05, 0) is 36.5 Å². The van der Waals surface area contributed by atoms with E-state index in [1.165, 1.54) is 25.7 Å². The maximum Gasteiger partial charge on any atom is -0.0383 e. The maximum absolute atomic E-state index is 2.37. The van der Waals surface area contributed by atoms with Crippen molar-refractivity contribution in [2.45, 2.75) is 71.6 Å². The van der Waals surface area contributed by atoms with Crippen molar-refractivity contribution in [3.05, 3.63) is 0 Å². The van der Waals surface area contributed by atoms with Crippen LogP contribution in [0.25, 0.3) is 0 Å². The standard InChI is InChI=1S/C15H28/c1-12(2)7-8-13-9-10-14-5-3-4-6-15(14)11-13/h12-15H,3-11H2,1-2H3. The van der Waals surface area contributed by atoms with E-state index < -0.39 is 0 Å². The summed E-state index contributed by atoms with van der Waals surface area (Å²) in [5.74, 6) is 4.26. The van der Waals surface area contributed by atoms with Crippen LogP contribution < -0.4 is 0 Å². The molecule has 0 spiro atoms. The van der Waals surface area contributed by atoms with E-state index in [9.17, 15) is 0 Å². The second kappa shape index (κ2) is 5.37. The van der Waals surface area contributed by atoms with Gasteiger partial charge in [0.25, 0.3) is 0 Å². The van der Waals surface area contributed by atoms with E-state index in [-0.39, 0.29) is 0 Å². The van der Waals surface area contributed by atoms with Crippen molar-refractivity contribution in [1.29, 1.82) is 0 Å². The van der Waals surface area contributed by atoms with Gasteiger partial charge in [0.05, 0.1) is 0 Å². The van der Waals surface area contributed by atoms with Gasteiger partial charge in [0, 0.05) is 0 Å². The molecule has 88 valence electrons. The smallest absolute Gasteiger partial charge is 0.0383 e. The fourth-order valence-corrected chi connectivity index (χ4v) is 3.80. The minimum atomic E-state index is 0.911. The van der Waals surface area contributed by atoms with Gasteiger partial charge in [-0.1, -0.05) is 58.8 Å². The maximum atomic E-state index is 2.37. The third-order valence-corrected chi connectivity index (χ3v) is 4.80. The summed E-state index contributed by atoms with van der Waals surface area (Å²) in [7, 11) is 0. The van der Waals surface area contributed by atoms with E-state index in [0.29, 0.717) is 0 Å². The quantitative estimate of drug-likeness (QED) is 0.610. The van der Waals surface area contributed by atoms with Crippen molar-refractivity contribution in [2.24, 2.45) is 23.7 Å². The van der Waals surface area contributed by atoms with Gasteiger partial charge in [-0.25, -0.2) is 0 Å². The molecule has 0 heterocycles. The lowest BCUT2D eigenvalue weighted by Gasteiger charge is -2.39. The van der Waals surface area contributed by atoms with Crippen molar-refractivity contribution in [2.75, 3.05) is 0 Å². The fourth-order valence-electron chi connectivity index (χ4n) is 3.80. The first-order valence-corrected chi connectivity index (χ1v) is 7.25. The largest absolute Gasteiger partial charge is 0.0628 e. The van der Waals surface area contributed by atoms with Crippen molar-refractivity contribution >= 4 is 0 Å². The Labute approximate surface area is 95.8 Å². The molecular formula is C15H28. The number of rotatable bonds is 3. The van der Waals surface area contributed by atoms with Gasteiger partial charge in [0.15, 0.2) is 0 Å². The molecule has 2 aliphatic rings. The summed E-state index contributed by atoms with van der Waals surface area (Å²) in [6, 6.07) is 0. The second-order valence-electron chi connectivity index (χ2n) is 6.45. The normalized spacial score (nSPS) is 36.6. The van der Waals surface area contributed by atoms with Crippen LogP contribution in [0, 0.1) is 23.7 Å². The molecule has 2 saturated carbocycles. The van der Waals surface area contributed by atoms with Crippen LogP contribution in [0.1, 0.15) is 71.6 Å². The van der Waals surface area contributed by atoms with Crippen molar-refractivity contribution in [1.82, 2.24) is 0 Å². The first-order chi connectivity index (χ1) is 7.25. The minimum Gasteiger partial charge on any atom is -0.0628 e. The number of hydrogen-bond donors (Lipinski definition) is 0. The molecule has 3 unspecified atom stereocenters. The molecule has 0 amide bonds. The van der Waals surface area contributed by atoms with Crippen LogP contribution >= 0.6 is 0 Å².